The molecule has 0 N–H and O–H groups in total. The third kappa shape index (κ3) is 8.09. The maximum absolute atomic E-state index is 6.13. The molecule has 0 unspecified atom stereocenters. The Morgan fingerprint density at radius 3 is 1.95 bits per heavy atom. The van der Waals surface area contributed by atoms with E-state index in [4.69, 9.17) is 13.6 Å². The molecule has 3 nitrogen and oxygen atoms in total. The molecule has 0 aliphatic carbocycles. The number of benzene rings is 1. The van der Waals surface area contributed by atoms with Gasteiger partial charge in [-0.15, -0.1) is 0 Å². The van der Waals surface area contributed by atoms with Gasteiger partial charge in [0.05, 0.1) is 13.4 Å². The molecule has 122 valence electrons. The second kappa shape index (κ2) is 7.69. The molecule has 0 saturated heterocycles. The summed E-state index contributed by atoms with van der Waals surface area (Å²) in [5.41, 5.74) is 1.08. The molecule has 1 aromatic rings. The van der Waals surface area contributed by atoms with Gasteiger partial charge in [0, 0.05) is 6.08 Å². The van der Waals surface area contributed by atoms with Gasteiger partial charge in [0.2, 0.25) is 16.6 Å². The first-order chi connectivity index (χ1) is 10.1. The molecule has 22 heavy (non-hydrogen) atoms. The first-order valence-electron chi connectivity index (χ1n) is 7.48. The average Bonchev–Trinajstić information content (AvgIpc) is 2.36. The van der Waals surface area contributed by atoms with Crippen molar-refractivity contribution in [1.29, 1.82) is 0 Å². The van der Waals surface area contributed by atoms with E-state index >= 15 is 0 Å². The number of hydrogen-bond acceptors (Lipinski definition) is 3. The van der Waals surface area contributed by atoms with Gasteiger partial charge < -0.3 is 13.6 Å². The monoisotopic (exact) mass is 336 g/mol. The third-order valence-electron chi connectivity index (χ3n) is 2.50. The lowest BCUT2D eigenvalue weighted by molar-refractivity contribution is 0.414. The van der Waals surface area contributed by atoms with Crippen LogP contribution in [0, 0.1) is 0 Å². The lowest BCUT2D eigenvalue weighted by Gasteiger charge is -2.21. The van der Waals surface area contributed by atoms with E-state index in [-0.39, 0.29) is 0 Å². The highest BCUT2D eigenvalue weighted by atomic mass is 28.4. The van der Waals surface area contributed by atoms with Crippen molar-refractivity contribution in [2.24, 2.45) is 0 Å². The molecule has 1 rings (SSSR count). The normalized spacial score (nSPS) is 13.3. The second-order valence-electron chi connectivity index (χ2n) is 7.07. The smallest absolute Gasteiger partial charge is 0.242 e. The van der Waals surface area contributed by atoms with Gasteiger partial charge in [0.25, 0.3) is 0 Å². The van der Waals surface area contributed by atoms with E-state index in [0.717, 1.165) is 17.1 Å². The number of methoxy groups -OCH3 is 1. The van der Waals surface area contributed by atoms with Crippen molar-refractivity contribution >= 4 is 22.7 Å². The molecular formula is C17H28O3Si2. The van der Waals surface area contributed by atoms with E-state index in [9.17, 15) is 0 Å². The molecule has 0 heterocycles. The van der Waals surface area contributed by atoms with Gasteiger partial charge in [-0.05, 0) is 63.1 Å². The fourth-order valence-electron chi connectivity index (χ4n) is 1.63. The molecule has 0 atom stereocenters. The molecule has 0 fully saturated rings. The summed E-state index contributed by atoms with van der Waals surface area (Å²) in [5.74, 6) is 1.69. The summed E-state index contributed by atoms with van der Waals surface area (Å²) < 4.78 is 17.1. The van der Waals surface area contributed by atoms with Gasteiger partial charge in [-0.3, -0.25) is 0 Å². The van der Waals surface area contributed by atoms with Crippen LogP contribution in [0.2, 0.25) is 39.3 Å². The lowest BCUT2D eigenvalue weighted by atomic mass is 10.2. The quantitative estimate of drug-likeness (QED) is 0.386. The van der Waals surface area contributed by atoms with Crippen LogP contribution < -0.4 is 4.74 Å². The summed E-state index contributed by atoms with van der Waals surface area (Å²) in [7, 11) is -1.57. The Morgan fingerprint density at radius 2 is 1.50 bits per heavy atom. The summed E-state index contributed by atoms with van der Waals surface area (Å²) in [6.07, 6.45) is 5.71. The fourth-order valence-corrected chi connectivity index (χ4v) is 2.95. The summed E-state index contributed by atoms with van der Waals surface area (Å²) in [4.78, 5) is 0. The largest absolute Gasteiger partial charge is 0.550 e. The van der Waals surface area contributed by atoms with E-state index in [1.807, 2.05) is 36.4 Å². The molecular weight excluding hydrogens is 308 g/mol. The lowest BCUT2D eigenvalue weighted by Crippen LogP contribution is -2.24. The molecule has 0 aromatic heterocycles. The Balaban J connectivity index is 2.95. The van der Waals surface area contributed by atoms with Gasteiger partial charge in [0.1, 0.15) is 11.5 Å². The van der Waals surface area contributed by atoms with Gasteiger partial charge in [-0.25, -0.2) is 0 Å². The Hall–Kier alpha value is -1.47. The molecule has 0 aliphatic rings. The summed E-state index contributed by atoms with van der Waals surface area (Å²) in [6, 6.07) is 7.92. The van der Waals surface area contributed by atoms with Crippen LogP contribution in [0.1, 0.15) is 5.56 Å². The minimum Gasteiger partial charge on any atom is -0.550 e. The van der Waals surface area contributed by atoms with Crippen molar-refractivity contribution in [2.45, 2.75) is 39.3 Å². The topological polar surface area (TPSA) is 27.7 Å². The zero-order valence-corrected chi connectivity index (χ0v) is 16.8. The molecule has 0 bridgehead atoms. The Labute approximate surface area is 136 Å². The van der Waals surface area contributed by atoms with Crippen LogP contribution in [-0.4, -0.2) is 23.7 Å². The second-order valence-corrected chi connectivity index (χ2v) is 16.0. The molecule has 0 radical (unpaired) electrons. The molecule has 5 heteroatoms. The molecule has 0 saturated carbocycles. The van der Waals surface area contributed by atoms with Crippen LogP contribution in [0.5, 0.6) is 5.75 Å². The van der Waals surface area contributed by atoms with Gasteiger partial charge in [-0.1, -0.05) is 12.1 Å². The number of rotatable bonds is 7. The Morgan fingerprint density at radius 1 is 0.909 bits per heavy atom. The average molecular weight is 337 g/mol. The third-order valence-corrected chi connectivity index (χ3v) is 4.19. The van der Waals surface area contributed by atoms with Crippen molar-refractivity contribution in [2.75, 3.05) is 7.11 Å². The number of ether oxygens (including phenoxy) is 1. The minimum absolute atomic E-state index is 0.836. The summed E-state index contributed by atoms with van der Waals surface area (Å²) in [6.45, 7) is 13.0. The molecule has 0 amide bonds. The summed E-state index contributed by atoms with van der Waals surface area (Å²) >= 11 is 0. The number of allylic oxidation sites excluding steroid dienone is 1. The van der Waals surface area contributed by atoms with Crippen LogP contribution in [0.3, 0.4) is 0 Å². The SMILES string of the molecule is COc1ccc(C=C(C=CO[Si](C)(C)C)O[Si](C)(C)C)cc1. The number of hydrogen-bond donors (Lipinski definition) is 0. The standard InChI is InChI=1S/C17H28O3Si2/c1-18-16-10-8-15(9-11-16)14-17(20-22(5,6)7)12-13-19-21(2,3)4/h8-14H,1-7H3. The van der Waals surface area contributed by atoms with Gasteiger partial charge >= 0.3 is 0 Å². The zero-order chi connectivity index (χ0) is 16.8. The van der Waals surface area contributed by atoms with Gasteiger partial charge in [0.15, 0.2) is 0 Å². The predicted molar refractivity (Wildman–Crippen MR) is 99.0 cm³/mol. The van der Waals surface area contributed by atoms with E-state index in [1.54, 1.807) is 13.4 Å². The van der Waals surface area contributed by atoms with Crippen molar-refractivity contribution in [3.8, 4) is 5.75 Å². The van der Waals surface area contributed by atoms with Crippen molar-refractivity contribution in [1.82, 2.24) is 0 Å². The van der Waals surface area contributed by atoms with E-state index in [2.05, 4.69) is 39.3 Å². The highest BCUT2D eigenvalue weighted by molar-refractivity contribution is 6.70. The van der Waals surface area contributed by atoms with E-state index in [1.165, 1.54) is 0 Å². The maximum Gasteiger partial charge on any atom is 0.242 e. The minimum atomic E-state index is -1.68. The zero-order valence-electron chi connectivity index (χ0n) is 14.8. The first kappa shape index (κ1) is 18.6. The van der Waals surface area contributed by atoms with Crippen molar-refractivity contribution in [3.63, 3.8) is 0 Å². The van der Waals surface area contributed by atoms with Crippen molar-refractivity contribution < 1.29 is 13.6 Å². The van der Waals surface area contributed by atoms with Crippen LogP contribution in [0.25, 0.3) is 6.08 Å². The van der Waals surface area contributed by atoms with Crippen LogP contribution in [0.15, 0.2) is 42.4 Å². The highest BCUT2D eigenvalue weighted by Gasteiger charge is 2.17. The fraction of sp³-hybridized carbons (Fsp3) is 0.412. The molecule has 1 aromatic carbocycles. The van der Waals surface area contributed by atoms with E-state index in [0.29, 0.717) is 0 Å². The Kier molecular flexibility index (Phi) is 6.50. The first-order valence-corrected chi connectivity index (χ1v) is 14.3. The van der Waals surface area contributed by atoms with Gasteiger partial charge in [-0.2, -0.15) is 0 Å². The molecule has 0 aliphatic heterocycles. The maximum atomic E-state index is 6.13. The molecule has 0 spiro atoms. The van der Waals surface area contributed by atoms with Crippen LogP contribution >= 0.6 is 0 Å². The summed E-state index contributed by atoms with van der Waals surface area (Å²) in [5, 5.41) is 0. The van der Waals surface area contributed by atoms with E-state index < -0.39 is 16.6 Å². The predicted octanol–water partition coefficient (Wildman–Crippen LogP) is 5.25. The Bertz CT molecular complexity index is 520. The van der Waals surface area contributed by atoms with Crippen LogP contribution in [0.4, 0.5) is 0 Å². The van der Waals surface area contributed by atoms with Crippen molar-refractivity contribution in [3.05, 3.63) is 47.9 Å². The highest BCUT2D eigenvalue weighted by Crippen LogP contribution is 2.18. The van der Waals surface area contributed by atoms with Crippen LogP contribution in [-0.2, 0) is 8.85 Å².